The van der Waals surface area contributed by atoms with Crippen molar-refractivity contribution in [2.24, 2.45) is 0 Å². The first-order valence-electron chi connectivity index (χ1n) is 8.99. The molecule has 2 rings (SSSR count). The molecule has 0 aliphatic rings. The molecule has 0 aromatic heterocycles. The highest BCUT2D eigenvalue weighted by molar-refractivity contribution is 6.33. The third kappa shape index (κ3) is 5.63. The Kier molecular flexibility index (Phi) is 7.70. The number of halogens is 1. The second kappa shape index (κ2) is 9.99. The van der Waals surface area contributed by atoms with Crippen molar-refractivity contribution in [3.63, 3.8) is 0 Å². The van der Waals surface area contributed by atoms with Gasteiger partial charge >= 0.3 is 5.97 Å². The van der Waals surface area contributed by atoms with Crippen LogP contribution in [0.25, 0.3) is 0 Å². The molecule has 28 heavy (non-hydrogen) atoms. The first-order valence-corrected chi connectivity index (χ1v) is 9.37. The van der Waals surface area contributed by atoms with Gasteiger partial charge in [-0.15, -0.1) is 0 Å². The van der Waals surface area contributed by atoms with E-state index < -0.39 is 5.97 Å². The molecular weight excluding hydrogens is 380 g/mol. The second-order valence-electron chi connectivity index (χ2n) is 6.45. The fourth-order valence-electron chi connectivity index (χ4n) is 2.67. The molecule has 0 spiro atoms. The number of nitrogen functional groups attached to an aromatic ring is 1. The van der Waals surface area contributed by atoms with Gasteiger partial charge in [-0.2, -0.15) is 0 Å². The second-order valence-corrected chi connectivity index (χ2v) is 6.86. The van der Waals surface area contributed by atoms with E-state index in [0.717, 1.165) is 17.5 Å². The van der Waals surface area contributed by atoms with Crippen molar-refractivity contribution in [2.75, 3.05) is 26.0 Å². The zero-order valence-electron chi connectivity index (χ0n) is 16.3. The van der Waals surface area contributed by atoms with E-state index in [4.69, 9.17) is 26.8 Å². The van der Waals surface area contributed by atoms with E-state index in [-0.39, 0.29) is 28.8 Å². The lowest BCUT2D eigenvalue weighted by molar-refractivity contribution is -0.135. The number of benzene rings is 2. The Balaban J connectivity index is 2.04. The normalized spacial score (nSPS) is 10.4. The number of rotatable bonds is 8. The highest BCUT2D eigenvalue weighted by atomic mass is 35.5. The van der Waals surface area contributed by atoms with Crippen LogP contribution in [0.15, 0.2) is 36.4 Å². The summed E-state index contributed by atoms with van der Waals surface area (Å²) in [7, 11) is 1.41. The van der Waals surface area contributed by atoms with Gasteiger partial charge in [0, 0.05) is 19.2 Å². The predicted molar refractivity (Wildman–Crippen MR) is 110 cm³/mol. The van der Waals surface area contributed by atoms with Gasteiger partial charge in [0.05, 0.1) is 17.8 Å². The summed E-state index contributed by atoms with van der Waals surface area (Å²) in [6.07, 6.45) is 0.799. The van der Waals surface area contributed by atoms with Gasteiger partial charge in [0.15, 0.2) is 6.61 Å². The molecule has 2 aromatic rings. The summed E-state index contributed by atoms with van der Waals surface area (Å²) in [5, 5.41) is 0.214. The number of anilines is 1. The maximum Gasteiger partial charge on any atom is 0.342 e. The lowest BCUT2D eigenvalue weighted by Gasteiger charge is -2.22. The summed E-state index contributed by atoms with van der Waals surface area (Å²) >= 11 is 5.98. The van der Waals surface area contributed by atoms with Crippen LogP contribution < -0.4 is 10.5 Å². The average molecular weight is 405 g/mol. The number of ether oxygens (including phenoxy) is 2. The third-order valence-electron chi connectivity index (χ3n) is 4.21. The van der Waals surface area contributed by atoms with Gasteiger partial charge < -0.3 is 20.1 Å². The molecule has 0 saturated carbocycles. The summed E-state index contributed by atoms with van der Waals surface area (Å²) < 4.78 is 10.4. The first-order chi connectivity index (χ1) is 13.3. The Morgan fingerprint density at radius 3 is 2.46 bits per heavy atom. The van der Waals surface area contributed by atoms with E-state index in [1.165, 1.54) is 19.2 Å². The van der Waals surface area contributed by atoms with Gasteiger partial charge in [-0.05, 0) is 25.0 Å². The molecule has 0 aliphatic heterocycles. The van der Waals surface area contributed by atoms with Crippen LogP contribution in [0.2, 0.25) is 5.02 Å². The average Bonchev–Trinajstić information content (AvgIpc) is 2.68. The lowest BCUT2D eigenvalue weighted by Crippen LogP contribution is -2.35. The van der Waals surface area contributed by atoms with E-state index >= 15 is 0 Å². The lowest BCUT2D eigenvalue weighted by atomic mass is 10.1. The quantitative estimate of drug-likeness (QED) is 0.534. The zero-order valence-corrected chi connectivity index (χ0v) is 17.1. The Labute approximate surface area is 170 Å². The van der Waals surface area contributed by atoms with Crippen LogP contribution in [0.4, 0.5) is 5.69 Å². The van der Waals surface area contributed by atoms with Crippen LogP contribution in [0.3, 0.4) is 0 Å². The number of carbonyl (C=O) groups excluding carboxylic acids is 2. The molecule has 2 aromatic carbocycles. The Bertz CT molecular complexity index is 837. The van der Waals surface area contributed by atoms with Crippen molar-refractivity contribution in [3.8, 4) is 5.75 Å². The summed E-state index contributed by atoms with van der Waals surface area (Å²) in [6, 6.07) is 10.8. The largest absolute Gasteiger partial charge is 0.496 e. The molecule has 6 nitrogen and oxygen atoms in total. The Hall–Kier alpha value is -2.73. The summed E-state index contributed by atoms with van der Waals surface area (Å²) in [5.41, 5.74) is 8.30. The van der Waals surface area contributed by atoms with Crippen LogP contribution in [0, 0.1) is 6.92 Å². The number of nitrogens with zero attached hydrogens (tertiary/aromatic N) is 1. The van der Waals surface area contributed by atoms with Crippen LogP contribution in [0.1, 0.15) is 34.8 Å². The molecule has 150 valence electrons. The van der Waals surface area contributed by atoms with Crippen molar-refractivity contribution >= 4 is 29.2 Å². The number of methoxy groups -OCH3 is 1. The molecule has 0 radical (unpaired) electrons. The first kappa shape index (κ1) is 21.6. The SMILES string of the molecule is CCCN(Cc1ccc(C)cc1)C(=O)COC(=O)c1cc(Cl)c(N)cc1OC. The Morgan fingerprint density at radius 1 is 1.18 bits per heavy atom. The van der Waals surface area contributed by atoms with Gasteiger partial charge in [-0.3, -0.25) is 4.79 Å². The predicted octanol–water partition coefficient (Wildman–Crippen LogP) is 3.83. The topological polar surface area (TPSA) is 81.9 Å². The van der Waals surface area contributed by atoms with Crippen LogP contribution in [-0.4, -0.2) is 37.0 Å². The molecule has 7 heteroatoms. The van der Waals surface area contributed by atoms with Crippen molar-refractivity contribution in [2.45, 2.75) is 26.8 Å². The maximum absolute atomic E-state index is 12.6. The van der Waals surface area contributed by atoms with Crippen molar-refractivity contribution in [3.05, 3.63) is 58.1 Å². The minimum absolute atomic E-state index is 0.120. The zero-order chi connectivity index (χ0) is 20.7. The minimum Gasteiger partial charge on any atom is -0.496 e. The number of hydrogen-bond acceptors (Lipinski definition) is 5. The molecule has 0 unspecified atom stereocenters. The van der Waals surface area contributed by atoms with Gasteiger partial charge in [0.2, 0.25) is 0 Å². The van der Waals surface area contributed by atoms with E-state index in [9.17, 15) is 9.59 Å². The van der Waals surface area contributed by atoms with Crippen LogP contribution in [-0.2, 0) is 16.1 Å². The monoisotopic (exact) mass is 404 g/mol. The molecule has 0 fully saturated rings. The number of hydrogen-bond donors (Lipinski definition) is 1. The smallest absolute Gasteiger partial charge is 0.342 e. The molecule has 0 atom stereocenters. The van der Waals surface area contributed by atoms with Crippen molar-refractivity contribution in [1.29, 1.82) is 0 Å². The highest BCUT2D eigenvalue weighted by Crippen LogP contribution is 2.29. The molecule has 0 bridgehead atoms. The van der Waals surface area contributed by atoms with Crippen LogP contribution >= 0.6 is 11.6 Å². The molecule has 2 N–H and O–H groups in total. The fraction of sp³-hybridized carbons (Fsp3) is 0.333. The fourth-order valence-corrected chi connectivity index (χ4v) is 2.83. The summed E-state index contributed by atoms with van der Waals surface area (Å²) in [6.45, 7) is 4.66. The third-order valence-corrected chi connectivity index (χ3v) is 4.53. The molecule has 0 aliphatic carbocycles. The number of nitrogens with two attached hydrogens (primary N) is 1. The molecule has 0 saturated heterocycles. The number of esters is 1. The number of aryl methyl sites for hydroxylation is 1. The maximum atomic E-state index is 12.6. The van der Waals surface area contributed by atoms with E-state index in [1.54, 1.807) is 4.90 Å². The summed E-state index contributed by atoms with van der Waals surface area (Å²) in [4.78, 5) is 26.7. The van der Waals surface area contributed by atoms with Gasteiger partial charge in [-0.1, -0.05) is 48.4 Å². The highest BCUT2D eigenvalue weighted by Gasteiger charge is 2.20. The number of amides is 1. The van der Waals surface area contributed by atoms with E-state index in [2.05, 4.69) is 0 Å². The standard InChI is InChI=1S/C21H25ClN2O4/c1-4-9-24(12-15-7-5-14(2)6-8-15)20(25)13-28-21(26)16-10-17(22)18(23)11-19(16)27-3/h5-8,10-11H,4,9,12-13,23H2,1-3H3. The van der Waals surface area contributed by atoms with Gasteiger partial charge in [0.1, 0.15) is 11.3 Å². The Morgan fingerprint density at radius 2 is 1.86 bits per heavy atom. The van der Waals surface area contributed by atoms with Gasteiger partial charge in [0.25, 0.3) is 5.91 Å². The van der Waals surface area contributed by atoms with Crippen LogP contribution in [0.5, 0.6) is 5.75 Å². The van der Waals surface area contributed by atoms with E-state index in [1.807, 2.05) is 38.1 Å². The molecule has 1 amide bonds. The summed E-state index contributed by atoms with van der Waals surface area (Å²) in [5.74, 6) is -0.723. The van der Waals surface area contributed by atoms with Gasteiger partial charge in [-0.25, -0.2) is 4.79 Å². The van der Waals surface area contributed by atoms with Crippen molar-refractivity contribution < 1.29 is 19.1 Å². The molecular formula is C21H25ClN2O4. The van der Waals surface area contributed by atoms with E-state index in [0.29, 0.717) is 18.8 Å². The van der Waals surface area contributed by atoms with Crippen molar-refractivity contribution in [1.82, 2.24) is 4.90 Å². The molecule has 0 heterocycles. The minimum atomic E-state index is -0.695. The number of carbonyl (C=O) groups is 2.